The lowest BCUT2D eigenvalue weighted by atomic mass is 9.65. The lowest BCUT2D eigenvalue weighted by Gasteiger charge is -2.39. The van der Waals surface area contributed by atoms with Gasteiger partial charge in [-0.25, -0.2) is 0 Å². The number of rotatable bonds is 2. The van der Waals surface area contributed by atoms with Crippen LogP contribution < -0.4 is 0 Å². The molecule has 2 N–H and O–H groups in total. The molecule has 0 spiro atoms. The number of fused-ring (bicyclic) bond motifs is 2. The Balaban J connectivity index is 2.00. The second kappa shape index (κ2) is 5.39. The third-order valence-corrected chi connectivity index (χ3v) is 6.57. The van der Waals surface area contributed by atoms with E-state index in [1.807, 2.05) is 24.3 Å². The predicted octanol–water partition coefficient (Wildman–Crippen LogP) is 5.75. The lowest BCUT2D eigenvalue weighted by molar-refractivity contribution is 0.275. The first-order chi connectivity index (χ1) is 11.8. The van der Waals surface area contributed by atoms with E-state index in [-0.39, 0.29) is 22.3 Å². The number of aromatic hydroxyl groups is 2. The molecular weight excluding hydrogens is 308 g/mol. The summed E-state index contributed by atoms with van der Waals surface area (Å²) in [6, 6.07) is 15.1. The highest BCUT2D eigenvalue weighted by molar-refractivity contribution is 5.84. The highest BCUT2D eigenvalue weighted by Gasteiger charge is 2.56. The summed E-state index contributed by atoms with van der Waals surface area (Å²) in [5.74, 6) is 1.31. The van der Waals surface area contributed by atoms with Crippen molar-refractivity contribution in [3.05, 3.63) is 65.2 Å². The molecule has 2 atom stereocenters. The van der Waals surface area contributed by atoms with Crippen LogP contribution in [-0.4, -0.2) is 10.2 Å². The van der Waals surface area contributed by atoms with Gasteiger partial charge in [-0.1, -0.05) is 45.0 Å². The van der Waals surface area contributed by atoms with Gasteiger partial charge in [-0.2, -0.15) is 0 Å². The van der Waals surface area contributed by atoms with Gasteiger partial charge in [-0.05, 0) is 82.5 Å². The van der Waals surface area contributed by atoms with Crippen LogP contribution in [-0.2, 0) is 0 Å². The van der Waals surface area contributed by atoms with Crippen LogP contribution >= 0.6 is 0 Å². The summed E-state index contributed by atoms with van der Waals surface area (Å²) in [6.45, 7) is 7.19. The standard InChI is InChI=1S/C23H26O2/c1-22(2)17-12-13-23(3,14-17)21(22)20(15-4-8-18(24)9-5-15)16-6-10-19(25)11-7-16/h4-11,17,24-25H,12-14H2,1-3H3. The third-order valence-electron chi connectivity index (χ3n) is 6.57. The van der Waals surface area contributed by atoms with Crippen molar-refractivity contribution in [3.63, 3.8) is 0 Å². The monoisotopic (exact) mass is 334 g/mol. The highest BCUT2D eigenvalue weighted by Crippen LogP contribution is 2.67. The molecule has 2 heteroatoms. The van der Waals surface area contributed by atoms with Crippen LogP contribution in [0.25, 0.3) is 5.57 Å². The molecule has 2 aliphatic carbocycles. The SMILES string of the molecule is CC12CCC(C1)C(C)(C)C2=C(c1ccc(O)cc1)c1ccc(O)cc1. The minimum atomic E-state index is 0.165. The molecule has 0 saturated heterocycles. The Hall–Kier alpha value is -2.22. The molecule has 0 heterocycles. The van der Waals surface area contributed by atoms with Gasteiger partial charge in [0.2, 0.25) is 0 Å². The van der Waals surface area contributed by atoms with Crippen LogP contribution in [0.2, 0.25) is 0 Å². The van der Waals surface area contributed by atoms with Crippen molar-refractivity contribution >= 4 is 5.57 Å². The predicted molar refractivity (Wildman–Crippen MR) is 101 cm³/mol. The van der Waals surface area contributed by atoms with Gasteiger partial charge in [0.15, 0.2) is 0 Å². The van der Waals surface area contributed by atoms with Gasteiger partial charge in [-0.3, -0.25) is 0 Å². The van der Waals surface area contributed by atoms with Crippen molar-refractivity contribution in [2.45, 2.75) is 40.0 Å². The van der Waals surface area contributed by atoms with Gasteiger partial charge in [0.05, 0.1) is 0 Å². The summed E-state index contributed by atoms with van der Waals surface area (Å²) < 4.78 is 0. The average molecular weight is 334 g/mol. The summed E-state index contributed by atoms with van der Waals surface area (Å²) in [6.07, 6.45) is 3.82. The molecule has 0 aliphatic heterocycles. The van der Waals surface area contributed by atoms with E-state index >= 15 is 0 Å². The normalized spacial score (nSPS) is 26.8. The fraction of sp³-hybridized carbons (Fsp3) is 0.391. The van der Waals surface area contributed by atoms with Crippen molar-refractivity contribution in [3.8, 4) is 11.5 Å². The molecule has 0 amide bonds. The molecule has 2 aromatic carbocycles. The van der Waals surface area contributed by atoms with Crippen LogP contribution in [0, 0.1) is 16.7 Å². The second-order valence-electron chi connectivity index (χ2n) is 8.57. The third kappa shape index (κ3) is 2.47. The number of hydrogen-bond acceptors (Lipinski definition) is 2. The fourth-order valence-corrected chi connectivity index (χ4v) is 5.40. The lowest BCUT2D eigenvalue weighted by Crippen LogP contribution is -2.28. The molecule has 2 nitrogen and oxygen atoms in total. The molecular formula is C23H26O2. The molecule has 2 aliphatic rings. The molecule has 2 fully saturated rings. The average Bonchev–Trinajstić information content (AvgIpc) is 3.05. The maximum Gasteiger partial charge on any atom is 0.115 e. The zero-order valence-electron chi connectivity index (χ0n) is 15.2. The Bertz CT molecular complexity index is 773. The van der Waals surface area contributed by atoms with E-state index in [1.54, 1.807) is 24.3 Å². The zero-order chi connectivity index (χ0) is 17.8. The van der Waals surface area contributed by atoms with Gasteiger partial charge in [0.25, 0.3) is 0 Å². The molecule has 2 bridgehead atoms. The Morgan fingerprint density at radius 2 is 1.32 bits per heavy atom. The molecule has 0 aromatic heterocycles. The summed E-state index contributed by atoms with van der Waals surface area (Å²) in [7, 11) is 0. The van der Waals surface area contributed by atoms with Gasteiger partial charge < -0.3 is 10.2 Å². The first kappa shape index (κ1) is 16.3. The molecule has 2 saturated carbocycles. The number of allylic oxidation sites excluding steroid dienone is 1. The Morgan fingerprint density at radius 3 is 1.72 bits per heavy atom. The van der Waals surface area contributed by atoms with Crippen LogP contribution in [0.5, 0.6) is 11.5 Å². The van der Waals surface area contributed by atoms with Crippen LogP contribution in [0.3, 0.4) is 0 Å². The second-order valence-corrected chi connectivity index (χ2v) is 8.57. The quantitative estimate of drug-likeness (QED) is 0.734. The molecule has 130 valence electrons. The number of phenols is 2. The first-order valence-electron chi connectivity index (χ1n) is 9.15. The highest BCUT2D eigenvalue weighted by atomic mass is 16.3. The summed E-state index contributed by atoms with van der Waals surface area (Å²) in [5, 5.41) is 19.4. The minimum absolute atomic E-state index is 0.165. The topological polar surface area (TPSA) is 40.5 Å². The first-order valence-corrected chi connectivity index (χ1v) is 9.15. The van der Waals surface area contributed by atoms with E-state index in [9.17, 15) is 10.2 Å². The van der Waals surface area contributed by atoms with E-state index < -0.39 is 0 Å². The van der Waals surface area contributed by atoms with E-state index in [4.69, 9.17) is 0 Å². The van der Waals surface area contributed by atoms with Gasteiger partial charge in [0.1, 0.15) is 11.5 Å². The largest absolute Gasteiger partial charge is 0.508 e. The van der Waals surface area contributed by atoms with Crippen molar-refractivity contribution in [2.75, 3.05) is 0 Å². The fourth-order valence-electron chi connectivity index (χ4n) is 5.40. The maximum atomic E-state index is 9.72. The Morgan fingerprint density at radius 1 is 0.840 bits per heavy atom. The summed E-state index contributed by atoms with van der Waals surface area (Å²) in [4.78, 5) is 0. The van der Waals surface area contributed by atoms with E-state index in [1.165, 1.54) is 30.4 Å². The molecule has 2 unspecified atom stereocenters. The Labute approximate surface area is 149 Å². The Kier molecular flexibility index (Phi) is 3.50. The number of benzene rings is 2. The maximum absolute atomic E-state index is 9.72. The molecule has 0 radical (unpaired) electrons. The van der Waals surface area contributed by atoms with Gasteiger partial charge >= 0.3 is 0 Å². The van der Waals surface area contributed by atoms with Gasteiger partial charge in [0, 0.05) is 0 Å². The molecule has 25 heavy (non-hydrogen) atoms. The number of phenolic OH excluding ortho intramolecular Hbond substituents is 2. The van der Waals surface area contributed by atoms with E-state index in [0.717, 1.165) is 17.0 Å². The zero-order valence-corrected chi connectivity index (χ0v) is 15.2. The van der Waals surface area contributed by atoms with Crippen LogP contribution in [0.1, 0.15) is 51.2 Å². The van der Waals surface area contributed by atoms with Crippen molar-refractivity contribution < 1.29 is 10.2 Å². The van der Waals surface area contributed by atoms with Crippen molar-refractivity contribution in [1.29, 1.82) is 0 Å². The molecule has 2 aromatic rings. The van der Waals surface area contributed by atoms with Crippen molar-refractivity contribution in [2.24, 2.45) is 16.7 Å². The van der Waals surface area contributed by atoms with E-state index in [0.29, 0.717) is 0 Å². The number of hydrogen-bond donors (Lipinski definition) is 2. The summed E-state index contributed by atoms with van der Waals surface area (Å²) in [5.41, 5.74) is 5.49. The van der Waals surface area contributed by atoms with E-state index in [2.05, 4.69) is 20.8 Å². The van der Waals surface area contributed by atoms with Crippen LogP contribution in [0.15, 0.2) is 54.1 Å². The van der Waals surface area contributed by atoms with Gasteiger partial charge in [-0.15, -0.1) is 0 Å². The smallest absolute Gasteiger partial charge is 0.115 e. The molecule has 4 rings (SSSR count). The van der Waals surface area contributed by atoms with Crippen LogP contribution in [0.4, 0.5) is 0 Å². The van der Waals surface area contributed by atoms with Crippen molar-refractivity contribution in [1.82, 2.24) is 0 Å². The summed E-state index contributed by atoms with van der Waals surface area (Å²) >= 11 is 0. The minimum Gasteiger partial charge on any atom is -0.508 e.